The van der Waals surface area contributed by atoms with Crippen molar-refractivity contribution in [1.82, 2.24) is 5.32 Å². The fourth-order valence-corrected chi connectivity index (χ4v) is 3.18. The average Bonchev–Trinajstić information content (AvgIpc) is 3.05. The van der Waals surface area contributed by atoms with Gasteiger partial charge in [-0.2, -0.15) is 0 Å². The average molecular weight is 322 g/mol. The largest absolute Gasteiger partial charge is 0.391 e. The van der Waals surface area contributed by atoms with Crippen LogP contribution in [0, 0.1) is 5.82 Å². The van der Waals surface area contributed by atoms with E-state index in [1.807, 2.05) is 36.4 Å². The third-order valence-electron chi connectivity index (χ3n) is 4.25. The van der Waals surface area contributed by atoms with Crippen molar-refractivity contribution in [2.45, 2.75) is 30.9 Å². The van der Waals surface area contributed by atoms with Crippen LogP contribution in [0.4, 0.5) is 4.39 Å². The second kappa shape index (κ2) is 7.73. The molecule has 1 aliphatic rings. The quantitative estimate of drug-likeness (QED) is 0.903. The van der Waals surface area contributed by atoms with Gasteiger partial charge < -0.3 is 10.4 Å². The summed E-state index contributed by atoms with van der Waals surface area (Å²) in [5, 5.41) is 14.1. The first-order chi connectivity index (χ1) is 10.3. The maximum Gasteiger partial charge on any atom is 0.127 e. The molecule has 2 aromatic carbocycles. The highest BCUT2D eigenvalue weighted by Gasteiger charge is 2.33. The van der Waals surface area contributed by atoms with E-state index in [9.17, 15) is 9.50 Å². The lowest BCUT2D eigenvalue weighted by Crippen LogP contribution is -2.39. The molecule has 4 heteroatoms. The van der Waals surface area contributed by atoms with Gasteiger partial charge in [0.15, 0.2) is 0 Å². The first kappa shape index (κ1) is 16.9. The number of aliphatic hydroxyl groups excluding tert-OH is 1. The fourth-order valence-electron chi connectivity index (χ4n) is 3.18. The normalized spacial score (nSPS) is 20.2. The van der Waals surface area contributed by atoms with Crippen LogP contribution in [0.2, 0.25) is 0 Å². The lowest BCUT2D eigenvalue weighted by Gasteiger charge is -2.28. The molecule has 1 fully saturated rings. The third kappa shape index (κ3) is 3.49. The van der Waals surface area contributed by atoms with E-state index in [1.165, 1.54) is 6.07 Å². The number of benzene rings is 2. The summed E-state index contributed by atoms with van der Waals surface area (Å²) in [6, 6.07) is 16.5. The molecule has 0 aliphatic carbocycles. The van der Waals surface area contributed by atoms with Crippen molar-refractivity contribution in [1.29, 1.82) is 0 Å². The van der Waals surface area contributed by atoms with Gasteiger partial charge in [0.1, 0.15) is 5.82 Å². The van der Waals surface area contributed by atoms with Crippen molar-refractivity contribution >= 4 is 12.4 Å². The third-order valence-corrected chi connectivity index (χ3v) is 4.25. The maximum absolute atomic E-state index is 14.2. The fraction of sp³-hybridized carbons (Fsp3) is 0.333. The zero-order valence-corrected chi connectivity index (χ0v) is 13.1. The minimum absolute atomic E-state index is 0. The molecule has 0 aromatic heterocycles. The molecule has 1 heterocycles. The zero-order valence-electron chi connectivity index (χ0n) is 12.3. The maximum atomic E-state index is 14.2. The molecule has 0 spiro atoms. The topological polar surface area (TPSA) is 32.3 Å². The van der Waals surface area contributed by atoms with E-state index in [0.717, 1.165) is 24.9 Å². The van der Waals surface area contributed by atoms with Gasteiger partial charge in [-0.1, -0.05) is 48.5 Å². The Hall–Kier alpha value is -1.42. The second-order valence-corrected chi connectivity index (χ2v) is 5.60. The van der Waals surface area contributed by atoms with Crippen LogP contribution < -0.4 is 5.32 Å². The highest BCUT2D eigenvalue weighted by molar-refractivity contribution is 5.85. The van der Waals surface area contributed by atoms with Crippen LogP contribution in [0.5, 0.6) is 0 Å². The van der Waals surface area contributed by atoms with Crippen LogP contribution in [-0.2, 0) is 0 Å². The Morgan fingerprint density at radius 2 is 1.73 bits per heavy atom. The molecular formula is C18H21ClFNO. The lowest BCUT2D eigenvalue weighted by atomic mass is 9.83. The van der Waals surface area contributed by atoms with Crippen molar-refractivity contribution < 1.29 is 9.50 Å². The Balaban J connectivity index is 0.00000176. The van der Waals surface area contributed by atoms with Crippen LogP contribution in [-0.4, -0.2) is 23.8 Å². The number of hydrogen-bond acceptors (Lipinski definition) is 2. The van der Waals surface area contributed by atoms with Gasteiger partial charge in [0.05, 0.1) is 6.10 Å². The first-order valence-corrected chi connectivity index (χ1v) is 7.48. The molecule has 22 heavy (non-hydrogen) atoms. The molecule has 0 bridgehead atoms. The van der Waals surface area contributed by atoms with Crippen molar-refractivity contribution in [2.24, 2.45) is 0 Å². The van der Waals surface area contributed by atoms with Gasteiger partial charge in [-0.15, -0.1) is 12.4 Å². The number of halogens is 2. The summed E-state index contributed by atoms with van der Waals surface area (Å²) < 4.78 is 14.2. The molecule has 118 valence electrons. The van der Waals surface area contributed by atoms with Crippen molar-refractivity contribution in [3.63, 3.8) is 0 Å². The predicted molar refractivity (Wildman–Crippen MR) is 89.0 cm³/mol. The van der Waals surface area contributed by atoms with E-state index < -0.39 is 6.10 Å². The molecular weight excluding hydrogens is 301 g/mol. The highest BCUT2D eigenvalue weighted by atomic mass is 35.5. The Morgan fingerprint density at radius 3 is 2.36 bits per heavy atom. The van der Waals surface area contributed by atoms with Crippen LogP contribution >= 0.6 is 12.4 Å². The highest BCUT2D eigenvalue weighted by Crippen LogP contribution is 2.33. The summed E-state index contributed by atoms with van der Waals surface area (Å²) >= 11 is 0. The van der Waals surface area contributed by atoms with Gasteiger partial charge in [-0.3, -0.25) is 0 Å². The molecule has 2 nitrogen and oxygen atoms in total. The lowest BCUT2D eigenvalue weighted by molar-refractivity contribution is 0.118. The minimum Gasteiger partial charge on any atom is -0.391 e. The van der Waals surface area contributed by atoms with Gasteiger partial charge >= 0.3 is 0 Å². The van der Waals surface area contributed by atoms with Crippen LogP contribution in [0.3, 0.4) is 0 Å². The minimum atomic E-state index is -0.633. The summed E-state index contributed by atoms with van der Waals surface area (Å²) in [5.41, 5.74) is 1.51. The van der Waals surface area contributed by atoms with Gasteiger partial charge in [0.25, 0.3) is 0 Å². The molecule has 3 atom stereocenters. The standard InChI is InChI=1S/C18H20FNO.ClH/c19-15-10-5-4-9-14(15)17(13-7-2-1-3-8-13)18(21)16-11-6-12-20-16;/h1-5,7-10,16-18,20-21H,6,11-12H2;1H/t16-,17+,18+;/m1./s1. The smallest absolute Gasteiger partial charge is 0.127 e. The molecule has 2 aromatic rings. The Bertz CT molecular complexity index is 587. The van der Waals surface area contributed by atoms with E-state index in [-0.39, 0.29) is 30.2 Å². The molecule has 3 rings (SSSR count). The molecule has 2 N–H and O–H groups in total. The Kier molecular flexibility index (Phi) is 5.95. The van der Waals surface area contributed by atoms with Crippen LogP contribution in [0.25, 0.3) is 0 Å². The van der Waals surface area contributed by atoms with Crippen molar-refractivity contribution in [3.05, 3.63) is 71.5 Å². The van der Waals surface area contributed by atoms with Crippen molar-refractivity contribution in [2.75, 3.05) is 6.54 Å². The van der Waals surface area contributed by atoms with E-state index in [2.05, 4.69) is 5.32 Å². The van der Waals surface area contributed by atoms with E-state index in [1.54, 1.807) is 12.1 Å². The molecule has 0 saturated carbocycles. The van der Waals surface area contributed by atoms with Gasteiger partial charge in [0.2, 0.25) is 0 Å². The Labute approximate surface area is 136 Å². The van der Waals surface area contributed by atoms with Crippen LogP contribution in [0.15, 0.2) is 54.6 Å². The molecule has 1 aliphatic heterocycles. The number of hydrogen-bond donors (Lipinski definition) is 2. The van der Waals surface area contributed by atoms with Crippen molar-refractivity contribution in [3.8, 4) is 0 Å². The summed E-state index contributed by atoms with van der Waals surface area (Å²) in [7, 11) is 0. The SMILES string of the molecule is Cl.O[C@H]([C@@H](c1ccccc1)c1ccccc1F)[C@H]1CCCN1. The molecule has 0 amide bonds. The summed E-state index contributed by atoms with van der Waals surface area (Å²) in [5.74, 6) is -0.605. The zero-order chi connectivity index (χ0) is 14.7. The van der Waals surface area contributed by atoms with E-state index in [4.69, 9.17) is 0 Å². The Morgan fingerprint density at radius 1 is 1.05 bits per heavy atom. The number of rotatable bonds is 4. The van der Waals surface area contributed by atoms with Gasteiger partial charge in [-0.05, 0) is 36.6 Å². The number of aliphatic hydroxyl groups is 1. The second-order valence-electron chi connectivity index (χ2n) is 5.60. The summed E-state index contributed by atoms with van der Waals surface area (Å²) in [6.07, 6.45) is 1.35. The van der Waals surface area contributed by atoms with Gasteiger partial charge in [-0.25, -0.2) is 4.39 Å². The van der Waals surface area contributed by atoms with Crippen LogP contribution in [0.1, 0.15) is 29.9 Å². The first-order valence-electron chi connectivity index (χ1n) is 7.48. The van der Waals surface area contributed by atoms with E-state index >= 15 is 0 Å². The molecule has 1 saturated heterocycles. The van der Waals surface area contributed by atoms with E-state index in [0.29, 0.717) is 5.56 Å². The van der Waals surface area contributed by atoms with Gasteiger partial charge in [0, 0.05) is 12.0 Å². The number of nitrogens with one attached hydrogen (secondary N) is 1. The summed E-state index contributed by atoms with van der Waals surface area (Å²) in [6.45, 7) is 0.917. The predicted octanol–water partition coefficient (Wildman–Crippen LogP) is 3.49. The molecule has 0 radical (unpaired) electrons. The monoisotopic (exact) mass is 321 g/mol. The molecule has 0 unspecified atom stereocenters. The summed E-state index contributed by atoms with van der Waals surface area (Å²) in [4.78, 5) is 0.